The molecule has 0 aliphatic heterocycles. The lowest BCUT2D eigenvalue weighted by Gasteiger charge is -2.16. The fraction of sp³-hybridized carbons (Fsp3) is 0.125. The van der Waals surface area contributed by atoms with Crippen molar-refractivity contribution in [3.05, 3.63) is 109 Å². The summed E-state index contributed by atoms with van der Waals surface area (Å²) in [4.78, 5) is 3.40. The first-order valence-corrected chi connectivity index (χ1v) is 8.97. The summed E-state index contributed by atoms with van der Waals surface area (Å²) in [5.74, 6) is 1.16. The van der Waals surface area contributed by atoms with Crippen LogP contribution in [0.5, 0.6) is 5.75 Å². The van der Waals surface area contributed by atoms with Crippen molar-refractivity contribution < 1.29 is 4.74 Å². The van der Waals surface area contributed by atoms with E-state index in [2.05, 4.69) is 60.6 Å². The van der Waals surface area contributed by atoms with E-state index in [1.807, 2.05) is 36.4 Å². The van der Waals surface area contributed by atoms with Crippen LogP contribution in [0.15, 0.2) is 85.1 Å². The van der Waals surface area contributed by atoms with E-state index in [-0.39, 0.29) is 5.92 Å². The lowest BCUT2D eigenvalue weighted by molar-refractivity contribution is 0.310. The van der Waals surface area contributed by atoms with Gasteiger partial charge >= 0.3 is 0 Å². The van der Waals surface area contributed by atoms with E-state index in [0.29, 0.717) is 6.61 Å². The molecule has 2 heteroatoms. The molecular formula is C24H22NO. The van der Waals surface area contributed by atoms with Crippen LogP contribution < -0.4 is 4.74 Å². The number of hydrogen-bond donors (Lipinski definition) is 1. The molecule has 1 atom stereocenters. The first-order chi connectivity index (χ1) is 12.9. The van der Waals surface area contributed by atoms with E-state index in [0.717, 1.165) is 23.1 Å². The molecule has 0 spiro atoms. The maximum Gasteiger partial charge on any atom is 0.129 e. The summed E-state index contributed by atoms with van der Waals surface area (Å²) in [5, 5.41) is 1.15. The van der Waals surface area contributed by atoms with Gasteiger partial charge in [0.25, 0.3) is 0 Å². The monoisotopic (exact) mass is 340 g/mol. The Morgan fingerprint density at radius 1 is 0.846 bits per heavy atom. The van der Waals surface area contributed by atoms with Gasteiger partial charge in [0.2, 0.25) is 0 Å². The zero-order chi connectivity index (χ0) is 17.8. The predicted octanol–water partition coefficient (Wildman–Crippen LogP) is 6.10. The van der Waals surface area contributed by atoms with Gasteiger partial charge in [-0.05, 0) is 35.2 Å². The Morgan fingerprint density at radius 2 is 1.58 bits per heavy atom. The summed E-state index contributed by atoms with van der Waals surface area (Å²) in [6, 6.07) is 27.0. The second-order valence-corrected chi connectivity index (χ2v) is 6.45. The summed E-state index contributed by atoms with van der Waals surface area (Å²) >= 11 is 0. The number of nitrogens with one attached hydrogen (secondary N) is 1. The van der Waals surface area contributed by atoms with Crippen LogP contribution in [0.1, 0.15) is 29.0 Å². The highest BCUT2D eigenvalue weighted by atomic mass is 16.5. The number of benzene rings is 3. The maximum absolute atomic E-state index is 6.19. The molecule has 129 valence electrons. The SMILES string of the molecule is [CH2]CC(c1ccccc1)c1c[nH]c2cccc(OCc3ccccc3)c12. The van der Waals surface area contributed by atoms with Gasteiger partial charge in [-0.25, -0.2) is 0 Å². The molecule has 2 nitrogen and oxygen atoms in total. The van der Waals surface area contributed by atoms with Gasteiger partial charge in [-0.1, -0.05) is 73.7 Å². The number of rotatable bonds is 6. The molecule has 0 saturated carbocycles. The Hall–Kier alpha value is -3.00. The van der Waals surface area contributed by atoms with Gasteiger partial charge in [-0.15, -0.1) is 0 Å². The minimum absolute atomic E-state index is 0.242. The minimum atomic E-state index is 0.242. The molecule has 1 N–H and O–H groups in total. The largest absolute Gasteiger partial charge is 0.488 e. The van der Waals surface area contributed by atoms with Gasteiger partial charge < -0.3 is 9.72 Å². The molecule has 1 radical (unpaired) electrons. The Kier molecular flexibility index (Phi) is 4.74. The Morgan fingerprint density at radius 3 is 2.31 bits per heavy atom. The summed E-state index contributed by atoms with van der Waals surface area (Å²) < 4.78 is 6.19. The van der Waals surface area contributed by atoms with E-state index in [1.54, 1.807) is 0 Å². The van der Waals surface area contributed by atoms with Crippen molar-refractivity contribution in [3.8, 4) is 5.75 Å². The second kappa shape index (κ2) is 7.49. The molecule has 1 aromatic heterocycles. The van der Waals surface area contributed by atoms with Gasteiger partial charge in [-0.3, -0.25) is 0 Å². The molecule has 1 heterocycles. The van der Waals surface area contributed by atoms with Crippen molar-refractivity contribution >= 4 is 10.9 Å². The van der Waals surface area contributed by atoms with Gasteiger partial charge in [0.05, 0.1) is 0 Å². The average Bonchev–Trinajstić information content (AvgIpc) is 3.13. The van der Waals surface area contributed by atoms with Crippen LogP contribution in [0.3, 0.4) is 0 Å². The number of ether oxygens (including phenoxy) is 1. The molecule has 26 heavy (non-hydrogen) atoms. The fourth-order valence-corrected chi connectivity index (χ4v) is 3.49. The molecule has 4 rings (SSSR count). The molecule has 0 aliphatic rings. The fourth-order valence-electron chi connectivity index (χ4n) is 3.49. The van der Waals surface area contributed by atoms with Crippen molar-refractivity contribution in [1.82, 2.24) is 4.98 Å². The third-order valence-electron chi connectivity index (χ3n) is 4.80. The number of aromatic nitrogens is 1. The van der Waals surface area contributed by atoms with Crippen molar-refractivity contribution in [2.45, 2.75) is 18.9 Å². The summed E-state index contributed by atoms with van der Waals surface area (Å²) in [5.41, 5.74) is 4.78. The van der Waals surface area contributed by atoms with E-state index >= 15 is 0 Å². The molecule has 0 fully saturated rings. The predicted molar refractivity (Wildman–Crippen MR) is 107 cm³/mol. The first kappa shape index (κ1) is 16.5. The van der Waals surface area contributed by atoms with Crippen LogP contribution in [0.2, 0.25) is 0 Å². The number of fused-ring (bicyclic) bond motifs is 1. The Balaban J connectivity index is 1.72. The molecular weight excluding hydrogens is 318 g/mol. The molecule has 0 amide bonds. The van der Waals surface area contributed by atoms with E-state index in [1.165, 1.54) is 16.7 Å². The van der Waals surface area contributed by atoms with Crippen LogP contribution in [0.4, 0.5) is 0 Å². The third kappa shape index (κ3) is 3.23. The third-order valence-corrected chi connectivity index (χ3v) is 4.80. The zero-order valence-corrected chi connectivity index (χ0v) is 14.7. The Labute approximate surface area is 154 Å². The van der Waals surface area contributed by atoms with Crippen molar-refractivity contribution in [2.75, 3.05) is 0 Å². The maximum atomic E-state index is 6.19. The molecule has 3 aromatic carbocycles. The zero-order valence-electron chi connectivity index (χ0n) is 14.7. The van der Waals surface area contributed by atoms with Crippen LogP contribution >= 0.6 is 0 Å². The van der Waals surface area contributed by atoms with Crippen molar-refractivity contribution in [2.24, 2.45) is 0 Å². The Bertz CT molecular complexity index is 973. The van der Waals surface area contributed by atoms with Crippen LogP contribution in [0.25, 0.3) is 10.9 Å². The highest BCUT2D eigenvalue weighted by molar-refractivity contribution is 5.90. The van der Waals surface area contributed by atoms with Crippen molar-refractivity contribution in [3.63, 3.8) is 0 Å². The van der Waals surface area contributed by atoms with Crippen LogP contribution in [-0.2, 0) is 6.61 Å². The smallest absolute Gasteiger partial charge is 0.129 e. The molecule has 0 bridgehead atoms. The van der Waals surface area contributed by atoms with E-state index in [9.17, 15) is 0 Å². The number of aromatic amines is 1. The first-order valence-electron chi connectivity index (χ1n) is 8.97. The van der Waals surface area contributed by atoms with Gasteiger partial charge in [-0.2, -0.15) is 0 Å². The topological polar surface area (TPSA) is 25.0 Å². The summed E-state index contributed by atoms with van der Waals surface area (Å²) in [6.45, 7) is 4.75. The van der Waals surface area contributed by atoms with Crippen LogP contribution in [-0.4, -0.2) is 4.98 Å². The number of hydrogen-bond acceptors (Lipinski definition) is 1. The highest BCUT2D eigenvalue weighted by Crippen LogP contribution is 2.37. The quantitative estimate of drug-likeness (QED) is 0.450. The van der Waals surface area contributed by atoms with Gasteiger partial charge in [0, 0.05) is 23.0 Å². The molecule has 0 saturated heterocycles. The number of H-pyrrole nitrogens is 1. The second-order valence-electron chi connectivity index (χ2n) is 6.45. The minimum Gasteiger partial charge on any atom is -0.488 e. The lowest BCUT2D eigenvalue weighted by Crippen LogP contribution is -2.00. The van der Waals surface area contributed by atoms with E-state index in [4.69, 9.17) is 4.74 Å². The van der Waals surface area contributed by atoms with Gasteiger partial charge in [0.15, 0.2) is 0 Å². The summed E-state index contributed by atoms with van der Waals surface area (Å²) in [6.07, 6.45) is 2.90. The average molecular weight is 340 g/mol. The normalized spacial score (nSPS) is 12.2. The highest BCUT2D eigenvalue weighted by Gasteiger charge is 2.19. The molecule has 1 unspecified atom stereocenters. The summed E-state index contributed by atoms with van der Waals surface area (Å²) in [7, 11) is 0. The molecule has 0 aliphatic carbocycles. The van der Waals surface area contributed by atoms with Crippen molar-refractivity contribution in [1.29, 1.82) is 0 Å². The molecule has 4 aromatic rings. The standard InChI is InChI=1S/C24H22NO/c1-2-20(19-12-7-4-8-13-19)21-16-25-22-14-9-15-23(24(21)22)26-17-18-10-5-3-6-11-18/h3-16,20,25H,1-2,17H2. The van der Waals surface area contributed by atoms with Crippen LogP contribution in [0, 0.1) is 6.92 Å². The lowest BCUT2D eigenvalue weighted by atomic mass is 9.89. The van der Waals surface area contributed by atoms with Gasteiger partial charge in [0.1, 0.15) is 12.4 Å². The van der Waals surface area contributed by atoms with E-state index < -0.39 is 0 Å².